The lowest BCUT2D eigenvalue weighted by atomic mass is 9.86. The van der Waals surface area contributed by atoms with E-state index in [1.54, 1.807) is 12.1 Å². The number of aromatic nitrogens is 4. The van der Waals surface area contributed by atoms with Gasteiger partial charge in [0.15, 0.2) is 5.65 Å². The van der Waals surface area contributed by atoms with Gasteiger partial charge >= 0.3 is 6.18 Å². The number of carbonyl (C=O) groups is 1. The third kappa shape index (κ3) is 4.50. The predicted octanol–water partition coefficient (Wildman–Crippen LogP) is 2.59. The van der Waals surface area contributed by atoms with E-state index in [-0.39, 0.29) is 11.1 Å². The lowest BCUT2D eigenvalue weighted by Crippen LogP contribution is -2.31. The lowest BCUT2D eigenvalue weighted by Gasteiger charge is -2.25. The standard InChI is InChI=1S/C22H24F3N7O/c23-22(24,25)13-32-10-17-19(29-32)27-14-28-20(17)31-8-6-21(12-31)5-7-30(11-21)9-15-1-3-16(4-2-15)18(26)33/h1-4,10,14H,5-9,11-13H2,(H2,26,33). The molecule has 0 saturated carbocycles. The molecular weight excluding hydrogens is 435 g/mol. The van der Waals surface area contributed by atoms with E-state index in [1.807, 2.05) is 12.1 Å². The summed E-state index contributed by atoms with van der Waals surface area (Å²) in [4.78, 5) is 24.3. The van der Waals surface area contributed by atoms with E-state index in [4.69, 9.17) is 5.73 Å². The maximum Gasteiger partial charge on any atom is 0.408 e. The highest BCUT2D eigenvalue weighted by atomic mass is 19.4. The van der Waals surface area contributed by atoms with Crippen LogP contribution in [0.3, 0.4) is 0 Å². The number of rotatable bonds is 5. The van der Waals surface area contributed by atoms with E-state index < -0.39 is 18.6 Å². The van der Waals surface area contributed by atoms with Crippen molar-refractivity contribution in [1.29, 1.82) is 0 Å². The van der Waals surface area contributed by atoms with Crippen molar-refractivity contribution in [3.8, 4) is 0 Å². The Morgan fingerprint density at radius 3 is 2.58 bits per heavy atom. The van der Waals surface area contributed by atoms with E-state index in [1.165, 1.54) is 12.5 Å². The zero-order chi connectivity index (χ0) is 23.2. The SMILES string of the molecule is NC(=O)c1ccc(CN2CCC3(CCN(c4ncnc5nn(CC(F)(F)F)cc45)C3)C2)cc1. The molecule has 0 radical (unpaired) electrons. The van der Waals surface area contributed by atoms with Crippen LogP contribution in [0.5, 0.6) is 0 Å². The Labute approximate surface area is 188 Å². The van der Waals surface area contributed by atoms with E-state index in [9.17, 15) is 18.0 Å². The topological polar surface area (TPSA) is 93.2 Å². The minimum Gasteiger partial charge on any atom is -0.366 e. The van der Waals surface area contributed by atoms with Crippen molar-refractivity contribution in [1.82, 2.24) is 24.6 Å². The number of alkyl halides is 3. The first-order chi connectivity index (χ1) is 15.7. The molecular formula is C22H24F3N7O. The quantitative estimate of drug-likeness (QED) is 0.631. The summed E-state index contributed by atoms with van der Waals surface area (Å²) in [6.45, 7) is 3.13. The van der Waals surface area contributed by atoms with Crippen molar-refractivity contribution < 1.29 is 18.0 Å². The summed E-state index contributed by atoms with van der Waals surface area (Å²) >= 11 is 0. The van der Waals surface area contributed by atoms with Crippen LogP contribution >= 0.6 is 0 Å². The van der Waals surface area contributed by atoms with Crippen LogP contribution in [0.15, 0.2) is 36.8 Å². The molecule has 2 aliphatic heterocycles. The smallest absolute Gasteiger partial charge is 0.366 e. The molecule has 5 rings (SSSR count). The van der Waals surface area contributed by atoms with Gasteiger partial charge in [-0.15, -0.1) is 0 Å². The maximum atomic E-state index is 12.8. The first-order valence-corrected chi connectivity index (χ1v) is 10.8. The van der Waals surface area contributed by atoms with Gasteiger partial charge < -0.3 is 10.6 Å². The summed E-state index contributed by atoms with van der Waals surface area (Å²) < 4.78 is 39.2. The summed E-state index contributed by atoms with van der Waals surface area (Å²) in [5.41, 5.74) is 7.33. The van der Waals surface area contributed by atoms with Gasteiger partial charge in [0.2, 0.25) is 5.91 Å². The summed E-state index contributed by atoms with van der Waals surface area (Å²) in [5.74, 6) is 0.210. The van der Waals surface area contributed by atoms with Crippen LogP contribution in [0.4, 0.5) is 19.0 Å². The number of likely N-dealkylation sites (tertiary alicyclic amines) is 1. The van der Waals surface area contributed by atoms with Crippen molar-refractivity contribution in [2.24, 2.45) is 11.1 Å². The third-order valence-electron chi connectivity index (χ3n) is 6.58. The number of hydrogen-bond acceptors (Lipinski definition) is 6. The number of nitrogens with two attached hydrogens (primary N) is 1. The highest BCUT2D eigenvalue weighted by Gasteiger charge is 2.44. The van der Waals surface area contributed by atoms with Gasteiger partial charge in [0.25, 0.3) is 0 Å². The first-order valence-electron chi connectivity index (χ1n) is 10.8. The molecule has 8 nitrogen and oxygen atoms in total. The van der Waals surface area contributed by atoms with Gasteiger partial charge in [0, 0.05) is 43.4 Å². The third-order valence-corrected chi connectivity index (χ3v) is 6.58. The largest absolute Gasteiger partial charge is 0.408 e. The number of fused-ring (bicyclic) bond motifs is 1. The van der Waals surface area contributed by atoms with Gasteiger partial charge in [-0.2, -0.15) is 18.3 Å². The molecule has 2 saturated heterocycles. The molecule has 2 aliphatic rings. The van der Waals surface area contributed by atoms with E-state index in [0.29, 0.717) is 16.8 Å². The molecule has 174 valence electrons. The maximum absolute atomic E-state index is 12.8. The number of amides is 1. The molecule has 1 aromatic carbocycles. The highest BCUT2D eigenvalue weighted by Crippen LogP contribution is 2.42. The fraction of sp³-hybridized carbons (Fsp3) is 0.455. The fourth-order valence-corrected chi connectivity index (χ4v) is 5.03. The summed E-state index contributed by atoms with van der Waals surface area (Å²) in [6, 6.07) is 7.37. The predicted molar refractivity (Wildman–Crippen MR) is 115 cm³/mol. The van der Waals surface area contributed by atoms with Crippen molar-refractivity contribution in [3.05, 3.63) is 47.9 Å². The minimum absolute atomic E-state index is 0.117. The van der Waals surface area contributed by atoms with Gasteiger partial charge in [-0.3, -0.25) is 14.4 Å². The molecule has 1 unspecified atom stereocenters. The van der Waals surface area contributed by atoms with Gasteiger partial charge in [0.1, 0.15) is 18.7 Å². The molecule has 2 fully saturated rings. The van der Waals surface area contributed by atoms with Crippen LogP contribution in [0.2, 0.25) is 0 Å². The normalized spacial score (nSPS) is 21.5. The molecule has 2 N–H and O–H groups in total. The Morgan fingerprint density at radius 1 is 1.09 bits per heavy atom. The van der Waals surface area contributed by atoms with E-state index in [0.717, 1.165) is 55.8 Å². The Balaban J connectivity index is 1.28. The lowest BCUT2D eigenvalue weighted by molar-refractivity contribution is -0.142. The van der Waals surface area contributed by atoms with Crippen LogP contribution in [0, 0.1) is 5.41 Å². The van der Waals surface area contributed by atoms with Crippen LogP contribution in [-0.2, 0) is 13.1 Å². The van der Waals surface area contributed by atoms with Gasteiger partial charge in [-0.05, 0) is 37.1 Å². The fourth-order valence-electron chi connectivity index (χ4n) is 5.03. The molecule has 1 atom stereocenters. The monoisotopic (exact) mass is 459 g/mol. The zero-order valence-electron chi connectivity index (χ0n) is 17.9. The molecule has 1 spiro atoms. The van der Waals surface area contributed by atoms with Crippen molar-refractivity contribution in [3.63, 3.8) is 0 Å². The zero-order valence-corrected chi connectivity index (χ0v) is 17.9. The number of nitrogens with zero attached hydrogens (tertiary/aromatic N) is 6. The van der Waals surface area contributed by atoms with Crippen molar-refractivity contribution >= 4 is 22.8 Å². The van der Waals surface area contributed by atoms with Crippen LogP contribution < -0.4 is 10.6 Å². The summed E-state index contributed by atoms with van der Waals surface area (Å²) in [6.07, 6.45) is 0.446. The molecule has 33 heavy (non-hydrogen) atoms. The summed E-state index contributed by atoms with van der Waals surface area (Å²) in [7, 11) is 0. The number of halogens is 3. The van der Waals surface area contributed by atoms with Crippen molar-refractivity contribution in [2.45, 2.75) is 32.1 Å². The Hall–Kier alpha value is -3.21. The Morgan fingerprint density at radius 2 is 1.85 bits per heavy atom. The molecule has 3 aromatic rings. The molecule has 0 bridgehead atoms. The number of hydrogen-bond donors (Lipinski definition) is 1. The molecule has 0 aliphatic carbocycles. The average Bonchev–Trinajstić information content (AvgIpc) is 3.45. The molecule has 11 heteroatoms. The van der Waals surface area contributed by atoms with Crippen molar-refractivity contribution in [2.75, 3.05) is 31.1 Å². The second kappa shape index (κ2) is 7.98. The minimum atomic E-state index is -4.35. The average molecular weight is 459 g/mol. The van der Waals surface area contributed by atoms with E-state index >= 15 is 0 Å². The second-order valence-corrected chi connectivity index (χ2v) is 9.07. The number of anilines is 1. The van der Waals surface area contributed by atoms with E-state index in [2.05, 4.69) is 24.9 Å². The Kier molecular flexibility index (Phi) is 5.23. The number of primary amides is 1. The van der Waals surface area contributed by atoms with Crippen LogP contribution in [0.1, 0.15) is 28.8 Å². The van der Waals surface area contributed by atoms with Gasteiger partial charge in [-0.1, -0.05) is 12.1 Å². The highest BCUT2D eigenvalue weighted by molar-refractivity contribution is 5.92. The van der Waals surface area contributed by atoms with Crippen LogP contribution in [-0.4, -0.2) is 62.9 Å². The molecule has 1 amide bonds. The molecule has 4 heterocycles. The summed E-state index contributed by atoms with van der Waals surface area (Å²) in [5, 5.41) is 4.52. The second-order valence-electron chi connectivity index (χ2n) is 9.07. The number of carbonyl (C=O) groups excluding carboxylic acids is 1. The van der Waals surface area contributed by atoms with Gasteiger partial charge in [-0.25, -0.2) is 9.97 Å². The molecule has 2 aromatic heterocycles. The van der Waals surface area contributed by atoms with Gasteiger partial charge in [0.05, 0.1) is 5.39 Å². The van der Waals surface area contributed by atoms with Crippen LogP contribution in [0.25, 0.3) is 11.0 Å². The first kappa shape index (κ1) is 21.6. The Bertz CT molecular complexity index is 1180. The number of benzene rings is 1.